The Morgan fingerprint density at radius 1 is 1.31 bits per heavy atom. The predicted octanol–water partition coefficient (Wildman–Crippen LogP) is 0.505. The van der Waals surface area contributed by atoms with Crippen LogP contribution in [0.15, 0.2) is 23.3 Å². The Bertz CT molecular complexity index is 644. The molecular formula is C19H29N4O2S+. The van der Waals surface area contributed by atoms with Gasteiger partial charge in [0.15, 0.2) is 5.11 Å². The number of benzene rings is 1. The number of nitrogens with one attached hydrogen (secondary N) is 3. The van der Waals surface area contributed by atoms with Crippen LogP contribution < -0.4 is 20.4 Å². The zero-order valence-electron chi connectivity index (χ0n) is 15.5. The van der Waals surface area contributed by atoms with Crippen LogP contribution in [0.4, 0.5) is 0 Å². The van der Waals surface area contributed by atoms with E-state index >= 15 is 0 Å². The molecule has 1 saturated heterocycles. The Labute approximate surface area is 160 Å². The fourth-order valence-electron chi connectivity index (χ4n) is 3.49. The molecule has 6 nitrogen and oxygen atoms in total. The van der Waals surface area contributed by atoms with E-state index in [1.54, 1.807) is 12.0 Å². The van der Waals surface area contributed by atoms with E-state index in [9.17, 15) is 0 Å². The van der Waals surface area contributed by atoms with Gasteiger partial charge in [0.25, 0.3) is 0 Å². The number of methoxy groups -OCH3 is 1. The Hall–Kier alpha value is -1.70. The minimum absolute atomic E-state index is 0.593. The zero-order valence-corrected chi connectivity index (χ0v) is 16.3. The maximum Gasteiger partial charge on any atom is 0.186 e. The molecule has 0 aromatic heterocycles. The molecule has 1 aliphatic carbocycles. The lowest BCUT2D eigenvalue weighted by molar-refractivity contribution is -0.908. The van der Waals surface area contributed by atoms with Crippen LogP contribution in [0.2, 0.25) is 0 Å². The van der Waals surface area contributed by atoms with Gasteiger partial charge in [-0.15, -0.1) is 0 Å². The highest BCUT2D eigenvalue weighted by Crippen LogP contribution is 2.25. The van der Waals surface area contributed by atoms with Gasteiger partial charge in [-0.2, -0.15) is 5.10 Å². The van der Waals surface area contributed by atoms with Crippen molar-refractivity contribution in [1.29, 1.82) is 0 Å². The van der Waals surface area contributed by atoms with Gasteiger partial charge in [0.05, 0.1) is 32.6 Å². The van der Waals surface area contributed by atoms with Crippen molar-refractivity contribution < 1.29 is 14.4 Å². The summed E-state index contributed by atoms with van der Waals surface area (Å²) in [5.74, 6) is 0.901. The number of hydrogen-bond donors (Lipinski definition) is 3. The van der Waals surface area contributed by atoms with Crippen LogP contribution >= 0.6 is 12.2 Å². The summed E-state index contributed by atoms with van der Waals surface area (Å²) in [6.45, 7) is 6.01. The highest BCUT2D eigenvalue weighted by molar-refractivity contribution is 7.80. The maximum atomic E-state index is 5.38. The van der Waals surface area contributed by atoms with Crippen LogP contribution in [0, 0.1) is 0 Å². The molecular weight excluding hydrogens is 348 g/mol. The van der Waals surface area contributed by atoms with Crippen LogP contribution in [0.1, 0.15) is 30.4 Å². The second-order valence-electron chi connectivity index (χ2n) is 6.77. The first-order valence-corrected chi connectivity index (χ1v) is 9.86. The first-order valence-electron chi connectivity index (χ1n) is 9.45. The number of quaternary nitrogens is 1. The summed E-state index contributed by atoms with van der Waals surface area (Å²) >= 11 is 5.35. The van der Waals surface area contributed by atoms with Crippen molar-refractivity contribution in [2.75, 3.05) is 46.5 Å². The second-order valence-corrected chi connectivity index (χ2v) is 7.18. The minimum Gasteiger partial charge on any atom is -0.497 e. The Morgan fingerprint density at radius 2 is 2.15 bits per heavy atom. The molecule has 2 aliphatic rings. The summed E-state index contributed by atoms with van der Waals surface area (Å²) in [4.78, 5) is 1.62. The molecule has 1 heterocycles. The lowest BCUT2D eigenvalue weighted by Gasteiger charge is -2.23. The van der Waals surface area contributed by atoms with Gasteiger partial charge in [-0.3, -0.25) is 5.43 Å². The lowest BCUT2D eigenvalue weighted by atomic mass is 9.90. The van der Waals surface area contributed by atoms with Gasteiger partial charge in [0, 0.05) is 18.5 Å². The van der Waals surface area contributed by atoms with Gasteiger partial charge in [-0.25, -0.2) is 0 Å². The predicted molar refractivity (Wildman–Crippen MR) is 107 cm³/mol. The van der Waals surface area contributed by atoms with Crippen LogP contribution in [-0.4, -0.2) is 57.3 Å². The summed E-state index contributed by atoms with van der Waals surface area (Å²) in [6, 6.07) is 6.19. The van der Waals surface area contributed by atoms with Crippen molar-refractivity contribution in [3.8, 4) is 5.75 Å². The number of rotatable bonds is 6. The van der Waals surface area contributed by atoms with Crippen LogP contribution in [0.3, 0.4) is 0 Å². The standard InChI is InChI=1S/C19H28N4O2S/c1-24-16-6-7-17-15(14-16)4-2-5-18(17)21-22-19(26)20-8-3-9-23-10-12-25-13-11-23/h6-7,14H,2-5,8-13H2,1H3,(H2,20,22,26)/p+1. The molecule has 1 aliphatic heterocycles. The van der Waals surface area contributed by atoms with E-state index < -0.39 is 0 Å². The van der Waals surface area contributed by atoms with Crippen molar-refractivity contribution in [2.45, 2.75) is 25.7 Å². The summed E-state index contributed by atoms with van der Waals surface area (Å²) in [6.07, 6.45) is 4.23. The van der Waals surface area contributed by atoms with E-state index in [0.717, 1.165) is 76.5 Å². The van der Waals surface area contributed by atoms with E-state index in [0.29, 0.717) is 5.11 Å². The third-order valence-electron chi connectivity index (χ3n) is 4.97. The van der Waals surface area contributed by atoms with Gasteiger partial charge < -0.3 is 19.7 Å². The molecule has 0 spiro atoms. The lowest BCUT2D eigenvalue weighted by Crippen LogP contribution is -3.14. The normalized spacial score (nSPS) is 19.0. The number of hydrogen-bond acceptors (Lipinski definition) is 4. The van der Waals surface area contributed by atoms with Crippen molar-refractivity contribution >= 4 is 23.0 Å². The van der Waals surface area contributed by atoms with Gasteiger partial charge >= 0.3 is 0 Å². The zero-order chi connectivity index (χ0) is 18.2. The molecule has 0 atom stereocenters. The molecule has 1 aromatic carbocycles. The van der Waals surface area contributed by atoms with E-state index in [1.165, 1.54) is 11.1 Å². The number of nitrogens with zero attached hydrogens (tertiary/aromatic N) is 1. The number of ether oxygens (including phenoxy) is 2. The molecule has 0 unspecified atom stereocenters. The molecule has 0 bridgehead atoms. The number of thiocarbonyl (C=S) groups is 1. The third-order valence-corrected chi connectivity index (χ3v) is 5.20. The number of hydrazone groups is 1. The molecule has 1 fully saturated rings. The smallest absolute Gasteiger partial charge is 0.186 e. The first kappa shape index (κ1) is 19.1. The Balaban J connectivity index is 1.43. The molecule has 0 radical (unpaired) electrons. The monoisotopic (exact) mass is 377 g/mol. The molecule has 3 rings (SSSR count). The van der Waals surface area contributed by atoms with E-state index in [2.05, 4.69) is 28.0 Å². The van der Waals surface area contributed by atoms with Gasteiger partial charge in [-0.05, 0) is 55.2 Å². The SMILES string of the molecule is COc1ccc2c(c1)CCCC2=NNC(=S)NCCC[NH+]1CCOCC1. The van der Waals surface area contributed by atoms with Crippen LogP contribution in [0.5, 0.6) is 5.75 Å². The number of fused-ring (bicyclic) bond motifs is 1. The Morgan fingerprint density at radius 3 is 2.96 bits per heavy atom. The van der Waals surface area contributed by atoms with Crippen molar-refractivity contribution in [2.24, 2.45) is 5.10 Å². The van der Waals surface area contributed by atoms with Crippen LogP contribution in [0.25, 0.3) is 0 Å². The summed E-state index contributed by atoms with van der Waals surface area (Å²) < 4.78 is 10.7. The van der Waals surface area contributed by atoms with E-state index in [4.69, 9.17) is 21.7 Å². The molecule has 1 aromatic rings. The maximum absolute atomic E-state index is 5.38. The highest BCUT2D eigenvalue weighted by Gasteiger charge is 2.16. The molecule has 0 saturated carbocycles. The van der Waals surface area contributed by atoms with Gasteiger partial charge in [0.1, 0.15) is 18.8 Å². The quantitative estimate of drug-likeness (QED) is 0.383. The average Bonchev–Trinajstić information content (AvgIpc) is 2.70. The second kappa shape index (κ2) is 9.85. The van der Waals surface area contributed by atoms with E-state index in [1.807, 2.05) is 6.07 Å². The fraction of sp³-hybridized carbons (Fsp3) is 0.579. The molecule has 0 amide bonds. The molecule has 3 N–H and O–H groups in total. The summed E-state index contributed by atoms with van der Waals surface area (Å²) in [5, 5.41) is 8.39. The fourth-order valence-corrected chi connectivity index (χ4v) is 3.64. The number of aryl methyl sites for hydroxylation is 1. The van der Waals surface area contributed by atoms with Crippen molar-refractivity contribution in [3.63, 3.8) is 0 Å². The number of morpholine rings is 1. The molecule has 26 heavy (non-hydrogen) atoms. The average molecular weight is 378 g/mol. The minimum atomic E-state index is 0.593. The molecule has 7 heteroatoms. The Kier molecular flexibility index (Phi) is 7.22. The summed E-state index contributed by atoms with van der Waals surface area (Å²) in [5.41, 5.74) is 6.57. The first-order chi connectivity index (χ1) is 12.8. The van der Waals surface area contributed by atoms with Gasteiger partial charge in [0.2, 0.25) is 0 Å². The largest absolute Gasteiger partial charge is 0.497 e. The van der Waals surface area contributed by atoms with Crippen LogP contribution in [-0.2, 0) is 11.2 Å². The van der Waals surface area contributed by atoms with Crippen molar-refractivity contribution in [3.05, 3.63) is 29.3 Å². The third kappa shape index (κ3) is 5.40. The van der Waals surface area contributed by atoms with Crippen molar-refractivity contribution in [1.82, 2.24) is 10.7 Å². The van der Waals surface area contributed by atoms with Gasteiger partial charge in [-0.1, -0.05) is 0 Å². The van der Waals surface area contributed by atoms with E-state index in [-0.39, 0.29) is 0 Å². The molecule has 142 valence electrons. The summed E-state index contributed by atoms with van der Waals surface area (Å²) in [7, 11) is 1.70. The topological polar surface area (TPSA) is 59.3 Å². The highest BCUT2D eigenvalue weighted by atomic mass is 32.1.